The molecule has 0 spiro atoms. The molecule has 112 valence electrons. The molecule has 2 aromatic rings. The number of nitrogens with two attached hydrogens (primary N) is 1. The molecule has 3 nitrogen and oxygen atoms in total. The molecule has 0 saturated carbocycles. The van der Waals surface area contributed by atoms with E-state index in [0.717, 1.165) is 22.4 Å². The van der Waals surface area contributed by atoms with Crippen molar-refractivity contribution in [1.29, 1.82) is 0 Å². The quantitative estimate of drug-likeness (QED) is 0.846. The van der Waals surface area contributed by atoms with E-state index in [1.54, 1.807) is 19.2 Å². The van der Waals surface area contributed by atoms with E-state index in [0.29, 0.717) is 5.69 Å². The number of aliphatic hydroxyl groups excluding tert-OH is 1. The number of hydrogen-bond acceptors (Lipinski definition) is 3. The Kier molecular flexibility index (Phi) is 4.24. The molecule has 1 atom stereocenters. The van der Waals surface area contributed by atoms with Gasteiger partial charge in [-0.2, -0.15) is 0 Å². The lowest BCUT2D eigenvalue weighted by atomic mass is 9.84. The Morgan fingerprint density at radius 2 is 1.57 bits per heavy atom. The number of anilines is 1. The number of aliphatic hydroxyl groups is 1. The van der Waals surface area contributed by atoms with Gasteiger partial charge in [0.2, 0.25) is 0 Å². The summed E-state index contributed by atoms with van der Waals surface area (Å²) in [7, 11) is 1.67. The summed E-state index contributed by atoms with van der Waals surface area (Å²) < 4.78 is 5.43. The van der Waals surface area contributed by atoms with Gasteiger partial charge in [0.05, 0.1) is 7.11 Å². The average molecular weight is 285 g/mol. The molecule has 3 heteroatoms. The van der Waals surface area contributed by atoms with E-state index in [4.69, 9.17) is 10.5 Å². The van der Waals surface area contributed by atoms with Crippen LogP contribution in [0.3, 0.4) is 0 Å². The molecule has 0 aliphatic rings. The summed E-state index contributed by atoms with van der Waals surface area (Å²) in [6.07, 6.45) is -0.669. The zero-order valence-electron chi connectivity index (χ0n) is 13.1. The third-order valence-electron chi connectivity index (χ3n) is 3.60. The predicted octanol–water partition coefficient (Wildman–Crippen LogP) is 3.66. The summed E-state index contributed by atoms with van der Waals surface area (Å²) in [4.78, 5) is 0. The zero-order valence-corrected chi connectivity index (χ0v) is 13.1. The highest BCUT2D eigenvalue weighted by Gasteiger charge is 2.21. The van der Waals surface area contributed by atoms with E-state index >= 15 is 0 Å². The molecule has 0 aliphatic heterocycles. The van der Waals surface area contributed by atoms with Crippen molar-refractivity contribution in [3.05, 3.63) is 59.2 Å². The van der Waals surface area contributed by atoms with Crippen LogP contribution in [0.15, 0.2) is 42.5 Å². The van der Waals surface area contributed by atoms with Crippen molar-refractivity contribution in [2.24, 2.45) is 0 Å². The molecule has 0 saturated heterocycles. The van der Waals surface area contributed by atoms with Crippen LogP contribution in [0.2, 0.25) is 0 Å². The molecule has 0 amide bonds. The first-order valence-electron chi connectivity index (χ1n) is 7.05. The summed E-state index contributed by atoms with van der Waals surface area (Å²) in [5.41, 5.74) is 9.08. The summed E-state index contributed by atoms with van der Waals surface area (Å²) in [5.74, 6) is 0.843. The number of nitrogen functional groups attached to an aromatic ring is 1. The van der Waals surface area contributed by atoms with Gasteiger partial charge < -0.3 is 15.6 Å². The predicted molar refractivity (Wildman–Crippen MR) is 86.6 cm³/mol. The second-order valence-corrected chi connectivity index (χ2v) is 6.28. The Hall–Kier alpha value is -2.00. The van der Waals surface area contributed by atoms with Crippen molar-refractivity contribution in [3.63, 3.8) is 0 Å². The normalized spacial score (nSPS) is 13.0. The first kappa shape index (κ1) is 15.4. The third kappa shape index (κ3) is 3.37. The monoisotopic (exact) mass is 285 g/mol. The number of ether oxygens (including phenoxy) is 1. The molecule has 0 radical (unpaired) electrons. The highest BCUT2D eigenvalue weighted by atomic mass is 16.5. The van der Waals surface area contributed by atoms with Crippen molar-refractivity contribution < 1.29 is 9.84 Å². The van der Waals surface area contributed by atoms with Crippen LogP contribution in [0, 0.1) is 0 Å². The first-order valence-corrected chi connectivity index (χ1v) is 7.05. The Labute approximate surface area is 126 Å². The van der Waals surface area contributed by atoms with Gasteiger partial charge in [-0.25, -0.2) is 0 Å². The van der Waals surface area contributed by atoms with Crippen molar-refractivity contribution in [2.75, 3.05) is 12.8 Å². The van der Waals surface area contributed by atoms with Gasteiger partial charge in [-0.05, 0) is 46.4 Å². The summed E-state index contributed by atoms with van der Waals surface area (Å²) >= 11 is 0. The van der Waals surface area contributed by atoms with Gasteiger partial charge in [0.25, 0.3) is 0 Å². The van der Waals surface area contributed by atoms with Crippen LogP contribution < -0.4 is 10.5 Å². The fraction of sp³-hybridized carbons (Fsp3) is 0.333. The van der Waals surface area contributed by atoms with Crippen LogP contribution in [0.25, 0.3) is 0 Å². The lowest BCUT2D eigenvalue weighted by molar-refractivity contribution is 0.220. The highest BCUT2D eigenvalue weighted by Crippen LogP contribution is 2.34. The summed E-state index contributed by atoms with van der Waals surface area (Å²) in [6.45, 7) is 6.39. The fourth-order valence-electron chi connectivity index (χ4n) is 2.35. The Morgan fingerprint density at radius 3 is 2.10 bits per heavy atom. The Bertz CT molecular complexity index is 612. The molecule has 0 heterocycles. The van der Waals surface area contributed by atoms with Gasteiger partial charge in [0.15, 0.2) is 0 Å². The molecule has 3 N–H and O–H groups in total. The van der Waals surface area contributed by atoms with Gasteiger partial charge in [-0.1, -0.05) is 39.0 Å². The molecule has 0 aromatic heterocycles. The summed E-state index contributed by atoms with van der Waals surface area (Å²) in [5, 5.41) is 10.6. The number of hydrogen-bond donors (Lipinski definition) is 2. The SMILES string of the molecule is COc1ccc(C(O)c2ccc(N)cc2)cc1C(C)(C)C. The van der Waals surface area contributed by atoms with Crippen LogP contribution in [0.5, 0.6) is 5.75 Å². The molecule has 1 unspecified atom stereocenters. The van der Waals surface area contributed by atoms with E-state index in [1.807, 2.05) is 30.3 Å². The topological polar surface area (TPSA) is 55.5 Å². The molecule has 2 aromatic carbocycles. The van der Waals surface area contributed by atoms with Gasteiger partial charge in [0, 0.05) is 5.69 Å². The number of rotatable bonds is 3. The molecule has 0 aliphatic carbocycles. The third-order valence-corrected chi connectivity index (χ3v) is 3.60. The summed E-state index contributed by atoms with van der Waals surface area (Å²) in [6, 6.07) is 13.1. The van der Waals surface area contributed by atoms with Crippen LogP contribution in [0.1, 0.15) is 43.6 Å². The van der Waals surface area contributed by atoms with E-state index in [-0.39, 0.29) is 5.41 Å². The largest absolute Gasteiger partial charge is 0.496 e. The van der Waals surface area contributed by atoms with Crippen molar-refractivity contribution in [2.45, 2.75) is 32.3 Å². The smallest absolute Gasteiger partial charge is 0.122 e. The van der Waals surface area contributed by atoms with Crippen LogP contribution in [-0.2, 0) is 5.41 Å². The number of methoxy groups -OCH3 is 1. The van der Waals surface area contributed by atoms with Crippen LogP contribution >= 0.6 is 0 Å². The fourth-order valence-corrected chi connectivity index (χ4v) is 2.35. The average Bonchev–Trinajstić information content (AvgIpc) is 2.45. The molecule has 21 heavy (non-hydrogen) atoms. The van der Waals surface area contributed by atoms with E-state index in [1.165, 1.54) is 0 Å². The van der Waals surface area contributed by atoms with Crippen LogP contribution in [0.4, 0.5) is 5.69 Å². The van der Waals surface area contributed by atoms with Crippen molar-refractivity contribution >= 4 is 5.69 Å². The highest BCUT2D eigenvalue weighted by molar-refractivity contribution is 5.46. The molecular formula is C18H23NO2. The van der Waals surface area contributed by atoms with E-state index in [9.17, 15) is 5.11 Å². The first-order chi connectivity index (χ1) is 9.82. The minimum atomic E-state index is -0.669. The maximum atomic E-state index is 10.6. The second-order valence-electron chi connectivity index (χ2n) is 6.28. The van der Waals surface area contributed by atoms with E-state index < -0.39 is 6.10 Å². The van der Waals surface area contributed by atoms with Crippen LogP contribution in [-0.4, -0.2) is 12.2 Å². The van der Waals surface area contributed by atoms with Gasteiger partial charge in [0.1, 0.15) is 11.9 Å². The maximum absolute atomic E-state index is 10.6. The van der Waals surface area contributed by atoms with Crippen molar-refractivity contribution in [1.82, 2.24) is 0 Å². The lowest BCUT2D eigenvalue weighted by Gasteiger charge is -2.24. The van der Waals surface area contributed by atoms with E-state index in [2.05, 4.69) is 20.8 Å². The minimum absolute atomic E-state index is 0.0534. The second kappa shape index (κ2) is 5.78. The van der Waals surface area contributed by atoms with Gasteiger partial charge in [-0.15, -0.1) is 0 Å². The number of benzene rings is 2. The standard InChI is InChI=1S/C18H23NO2/c1-18(2,3)15-11-13(7-10-16(15)21-4)17(20)12-5-8-14(19)9-6-12/h5-11,17,20H,19H2,1-4H3. The Morgan fingerprint density at radius 1 is 1.00 bits per heavy atom. The maximum Gasteiger partial charge on any atom is 0.122 e. The Balaban J connectivity index is 2.42. The minimum Gasteiger partial charge on any atom is -0.496 e. The molecule has 2 rings (SSSR count). The molecule has 0 fully saturated rings. The molecule has 0 bridgehead atoms. The zero-order chi connectivity index (χ0) is 15.6. The lowest BCUT2D eigenvalue weighted by Crippen LogP contribution is -2.14. The van der Waals surface area contributed by atoms with Crippen molar-refractivity contribution in [3.8, 4) is 5.75 Å². The van der Waals surface area contributed by atoms with Gasteiger partial charge >= 0.3 is 0 Å². The molecular weight excluding hydrogens is 262 g/mol. The van der Waals surface area contributed by atoms with Gasteiger partial charge in [-0.3, -0.25) is 0 Å².